The molecule has 0 amide bonds. The molecule has 0 spiro atoms. The van der Waals surface area contributed by atoms with E-state index in [1.807, 2.05) is 72.8 Å². The van der Waals surface area contributed by atoms with Crippen LogP contribution in [0, 0.1) is 0 Å². The van der Waals surface area contributed by atoms with Crippen molar-refractivity contribution in [2.45, 2.75) is 0 Å². The summed E-state index contributed by atoms with van der Waals surface area (Å²) in [5.41, 5.74) is 11.5. The Labute approximate surface area is 349 Å². The number of hydrogen-bond acceptors (Lipinski definition) is 6. The highest BCUT2D eigenvalue weighted by atomic mass is 16.5. The molecule has 0 saturated carbocycles. The molecule has 0 radical (unpaired) electrons. The van der Waals surface area contributed by atoms with E-state index >= 15 is 0 Å². The van der Waals surface area contributed by atoms with Crippen molar-refractivity contribution in [3.8, 4) is 33.8 Å². The summed E-state index contributed by atoms with van der Waals surface area (Å²) in [5, 5.41) is 4.65. The number of carbonyl (C=O) groups is 2. The third-order valence-electron chi connectivity index (χ3n) is 11.0. The molecule has 9 aromatic carbocycles. The molecule has 0 aliphatic carbocycles. The van der Waals surface area contributed by atoms with Gasteiger partial charge in [-0.3, -0.25) is 9.59 Å². The summed E-state index contributed by atoms with van der Waals surface area (Å²) >= 11 is 0. The van der Waals surface area contributed by atoms with E-state index in [0.717, 1.165) is 96.4 Å². The average molecular weight is 781 g/mol. The second kappa shape index (κ2) is 16.5. The molecule has 290 valence electrons. The van der Waals surface area contributed by atoms with E-state index in [1.165, 1.54) is 5.56 Å². The first-order valence-corrected chi connectivity index (χ1v) is 19.7. The summed E-state index contributed by atoms with van der Waals surface area (Å²) in [6, 6.07) is 65.9. The Morgan fingerprint density at radius 2 is 0.583 bits per heavy atom. The van der Waals surface area contributed by atoms with Gasteiger partial charge in [-0.2, -0.15) is 0 Å². The van der Waals surface area contributed by atoms with Crippen molar-refractivity contribution in [3.05, 3.63) is 205 Å². The van der Waals surface area contributed by atoms with Crippen LogP contribution in [0.1, 0.15) is 20.7 Å². The van der Waals surface area contributed by atoms with Gasteiger partial charge < -0.3 is 19.3 Å². The smallest absolute Gasteiger partial charge is 0.150 e. The average Bonchev–Trinajstić information content (AvgIpc) is 3.32. The number of ether oxygens (including phenoxy) is 2. The van der Waals surface area contributed by atoms with E-state index in [1.54, 1.807) is 14.2 Å². The quantitative estimate of drug-likeness (QED) is 0.0909. The van der Waals surface area contributed by atoms with Gasteiger partial charge in [-0.15, -0.1) is 0 Å². The first-order chi connectivity index (χ1) is 29.6. The lowest BCUT2D eigenvalue weighted by atomic mass is 9.86. The summed E-state index contributed by atoms with van der Waals surface area (Å²) in [6.45, 7) is 0. The van der Waals surface area contributed by atoms with Crippen molar-refractivity contribution in [1.82, 2.24) is 0 Å². The molecule has 0 saturated heterocycles. The number of methoxy groups -OCH3 is 2. The van der Waals surface area contributed by atoms with Gasteiger partial charge in [-0.25, -0.2) is 0 Å². The maximum atomic E-state index is 11.5. The number of nitrogens with zero attached hydrogens (tertiary/aromatic N) is 2. The van der Waals surface area contributed by atoms with Gasteiger partial charge in [0.1, 0.15) is 24.1 Å². The lowest BCUT2D eigenvalue weighted by Gasteiger charge is -2.26. The van der Waals surface area contributed by atoms with Gasteiger partial charge in [0.2, 0.25) is 0 Å². The largest absolute Gasteiger partial charge is 0.497 e. The molecular weight excluding hydrogens is 741 g/mol. The molecule has 6 heteroatoms. The second-order valence-electron chi connectivity index (χ2n) is 14.4. The fraction of sp³-hybridized carbons (Fsp3) is 0.0370. The second-order valence-corrected chi connectivity index (χ2v) is 14.4. The Kier molecular flexibility index (Phi) is 10.3. The lowest BCUT2D eigenvalue weighted by Crippen LogP contribution is -2.10. The van der Waals surface area contributed by atoms with Gasteiger partial charge in [0, 0.05) is 45.3 Å². The predicted octanol–water partition coefficient (Wildman–Crippen LogP) is 13.9. The van der Waals surface area contributed by atoms with Crippen LogP contribution in [0.5, 0.6) is 11.5 Å². The maximum absolute atomic E-state index is 11.5. The van der Waals surface area contributed by atoms with Crippen molar-refractivity contribution in [2.75, 3.05) is 24.0 Å². The summed E-state index contributed by atoms with van der Waals surface area (Å²) in [5.74, 6) is 1.60. The normalized spacial score (nSPS) is 11.0. The number of benzene rings is 9. The summed E-state index contributed by atoms with van der Waals surface area (Å²) < 4.78 is 10.9. The van der Waals surface area contributed by atoms with E-state index in [4.69, 9.17) is 9.47 Å². The minimum Gasteiger partial charge on any atom is -0.497 e. The number of aldehydes is 2. The topological polar surface area (TPSA) is 59.1 Å². The molecule has 0 atom stereocenters. The molecule has 0 heterocycles. The monoisotopic (exact) mass is 780 g/mol. The lowest BCUT2D eigenvalue weighted by molar-refractivity contribution is 0.111. The minimum atomic E-state index is 0.604. The zero-order valence-electron chi connectivity index (χ0n) is 33.2. The van der Waals surface area contributed by atoms with Crippen molar-refractivity contribution in [2.24, 2.45) is 0 Å². The third-order valence-corrected chi connectivity index (χ3v) is 11.0. The number of anilines is 6. The van der Waals surface area contributed by atoms with Gasteiger partial charge in [0.15, 0.2) is 0 Å². The number of rotatable bonds is 12. The van der Waals surface area contributed by atoms with Crippen molar-refractivity contribution in [3.63, 3.8) is 0 Å². The molecule has 9 aromatic rings. The van der Waals surface area contributed by atoms with Crippen molar-refractivity contribution < 1.29 is 19.1 Å². The van der Waals surface area contributed by atoms with Crippen LogP contribution < -0.4 is 19.3 Å². The summed E-state index contributed by atoms with van der Waals surface area (Å²) in [7, 11) is 3.36. The molecule has 6 nitrogen and oxygen atoms in total. The SMILES string of the molecule is COc1ccc(N(c2ccc(OC)cc2)c2ccc(-c3c4ccccc4c(-c4ccc(N(c5ccc(C=O)cc5)c5ccc(C=O)cc5)cc4)c4ccccc34)cc2)cc1. The highest BCUT2D eigenvalue weighted by Gasteiger charge is 2.19. The van der Waals surface area contributed by atoms with E-state index < -0.39 is 0 Å². The number of fused-ring (bicyclic) bond motifs is 2. The first kappa shape index (κ1) is 37.6. The molecule has 0 N–H and O–H groups in total. The van der Waals surface area contributed by atoms with Crippen LogP contribution >= 0.6 is 0 Å². The molecule has 0 bridgehead atoms. The Bertz CT molecular complexity index is 2790. The standard InChI is InChI=1S/C54H40N2O4/c1-59-47-31-27-45(28-32-47)56(46-29-33-48(60-2)34-30-46)44-25-17-40(18-26-44)54-51-9-5-3-7-49(51)53(50-8-4-6-10-52(50)54)39-15-23-43(24-16-39)55(41-19-11-37(35-57)12-20-41)42-21-13-38(36-58)14-22-42/h3-36H,1-2H3. The highest BCUT2D eigenvalue weighted by Crippen LogP contribution is 2.45. The number of hydrogen-bond donors (Lipinski definition) is 0. The molecule has 9 rings (SSSR count). The van der Waals surface area contributed by atoms with Gasteiger partial charge in [-0.1, -0.05) is 72.8 Å². The maximum Gasteiger partial charge on any atom is 0.150 e. The van der Waals surface area contributed by atoms with Crippen LogP contribution in [0.2, 0.25) is 0 Å². The number of carbonyl (C=O) groups excluding carboxylic acids is 2. The van der Waals surface area contributed by atoms with E-state index in [9.17, 15) is 9.59 Å². The molecule has 0 unspecified atom stereocenters. The molecule has 0 aromatic heterocycles. The third kappa shape index (κ3) is 7.12. The van der Waals surface area contributed by atoms with Gasteiger partial charge >= 0.3 is 0 Å². The zero-order chi connectivity index (χ0) is 41.0. The Balaban J connectivity index is 1.14. The van der Waals surface area contributed by atoms with Gasteiger partial charge in [0.25, 0.3) is 0 Å². The Morgan fingerprint density at radius 3 is 0.833 bits per heavy atom. The summed E-state index contributed by atoms with van der Waals surface area (Å²) in [6.07, 6.45) is 1.69. The van der Waals surface area contributed by atoms with Crippen LogP contribution in [0.15, 0.2) is 194 Å². The Morgan fingerprint density at radius 1 is 0.333 bits per heavy atom. The van der Waals surface area contributed by atoms with Gasteiger partial charge in [-0.05, 0) is 165 Å². The molecule has 0 fully saturated rings. The van der Waals surface area contributed by atoms with Crippen molar-refractivity contribution >= 4 is 68.2 Å². The predicted molar refractivity (Wildman–Crippen MR) is 246 cm³/mol. The molecular formula is C54H40N2O4. The molecule has 60 heavy (non-hydrogen) atoms. The van der Waals surface area contributed by atoms with Crippen molar-refractivity contribution in [1.29, 1.82) is 0 Å². The summed E-state index contributed by atoms with van der Waals surface area (Å²) in [4.78, 5) is 27.3. The molecule has 0 aliphatic rings. The zero-order valence-corrected chi connectivity index (χ0v) is 33.2. The first-order valence-electron chi connectivity index (χ1n) is 19.7. The fourth-order valence-corrected chi connectivity index (χ4v) is 8.07. The Hall–Kier alpha value is -7.96. The fourth-order valence-electron chi connectivity index (χ4n) is 8.07. The van der Waals surface area contributed by atoms with E-state index in [0.29, 0.717) is 11.1 Å². The van der Waals surface area contributed by atoms with Gasteiger partial charge in [0.05, 0.1) is 14.2 Å². The van der Waals surface area contributed by atoms with E-state index in [2.05, 4.69) is 131 Å². The van der Waals surface area contributed by atoms with Crippen LogP contribution in [0.3, 0.4) is 0 Å². The van der Waals surface area contributed by atoms with Crippen LogP contribution in [0.25, 0.3) is 43.8 Å². The van der Waals surface area contributed by atoms with E-state index in [-0.39, 0.29) is 0 Å². The highest BCUT2D eigenvalue weighted by molar-refractivity contribution is 6.21. The van der Waals surface area contributed by atoms with Crippen LogP contribution in [-0.4, -0.2) is 26.8 Å². The minimum absolute atomic E-state index is 0.604. The van der Waals surface area contributed by atoms with Crippen LogP contribution in [-0.2, 0) is 0 Å². The molecule has 0 aliphatic heterocycles. The van der Waals surface area contributed by atoms with Crippen LogP contribution in [0.4, 0.5) is 34.1 Å².